The summed E-state index contributed by atoms with van der Waals surface area (Å²) in [4.78, 5) is 0. The van der Waals surface area contributed by atoms with Crippen LogP contribution >= 0.6 is 0 Å². The molecule has 0 aliphatic heterocycles. The lowest BCUT2D eigenvalue weighted by molar-refractivity contribution is 0.131. The molecule has 0 spiro atoms. The molecule has 0 bridgehead atoms. The molecule has 1 atom stereocenters. The Balaban J connectivity index is 1.66. The summed E-state index contributed by atoms with van der Waals surface area (Å²) in [6.07, 6.45) is 17.3. The molecule has 2 nitrogen and oxygen atoms in total. The van der Waals surface area contributed by atoms with Gasteiger partial charge in [-0.2, -0.15) is 0 Å². The van der Waals surface area contributed by atoms with Crippen molar-refractivity contribution in [2.75, 3.05) is 20.2 Å². The molecule has 0 aromatic heterocycles. The first-order valence-corrected chi connectivity index (χ1v) is 8.03. The van der Waals surface area contributed by atoms with E-state index < -0.39 is 0 Å². The number of ether oxygens (including phenoxy) is 1. The van der Waals surface area contributed by atoms with Crippen LogP contribution in [0.2, 0.25) is 0 Å². The number of nitrogens with one attached hydrogen (secondary N) is 1. The van der Waals surface area contributed by atoms with Crippen molar-refractivity contribution in [2.45, 2.75) is 51.4 Å². The van der Waals surface area contributed by atoms with Crippen molar-refractivity contribution in [3.8, 4) is 0 Å². The molecule has 19 heavy (non-hydrogen) atoms. The third-order valence-corrected chi connectivity index (χ3v) is 4.36. The Morgan fingerprint density at radius 3 is 2.89 bits per heavy atom. The highest BCUT2D eigenvalue weighted by Crippen LogP contribution is 2.27. The standard InChI is InChI=1S/C17H29NO/c1-18-12-6-10-15-9-5-11-17(13-15)19-14-16-7-3-2-4-8-16/h5,9,11,15-16,18H,2-4,6-8,10,12-14H2,1H3. The maximum Gasteiger partial charge on any atom is 0.0965 e. The van der Waals surface area contributed by atoms with E-state index in [-0.39, 0.29) is 0 Å². The molecule has 2 rings (SSSR count). The highest BCUT2D eigenvalue weighted by molar-refractivity contribution is 5.15. The van der Waals surface area contributed by atoms with Crippen LogP contribution in [0.25, 0.3) is 0 Å². The van der Waals surface area contributed by atoms with Crippen molar-refractivity contribution in [2.24, 2.45) is 11.8 Å². The molecule has 2 aliphatic carbocycles. The average molecular weight is 263 g/mol. The molecule has 0 heterocycles. The first-order chi connectivity index (χ1) is 9.38. The van der Waals surface area contributed by atoms with Crippen molar-refractivity contribution in [3.05, 3.63) is 24.0 Å². The van der Waals surface area contributed by atoms with E-state index >= 15 is 0 Å². The minimum Gasteiger partial charge on any atom is -0.498 e. The number of hydrogen-bond acceptors (Lipinski definition) is 2. The summed E-state index contributed by atoms with van der Waals surface area (Å²) in [6.45, 7) is 2.06. The Kier molecular flexibility index (Phi) is 6.49. The second-order valence-electron chi connectivity index (χ2n) is 6.04. The lowest BCUT2D eigenvalue weighted by Gasteiger charge is -2.24. The topological polar surface area (TPSA) is 21.3 Å². The maximum absolute atomic E-state index is 6.05. The fourth-order valence-electron chi connectivity index (χ4n) is 3.14. The average Bonchev–Trinajstić information content (AvgIpc) is 2.47. The van der Waals surface area contributed by atoms with Crippen molar-refractivity contribution < 1.29 is 4.74 Å². The Morgan fingerprint density at radius 2 is 2.11 bits per heavy atom. The van der Waals surface area contributed by atoms with Crippen LogP contribution in [-0.2, 0) is 4.74 Å². The minimum atomic E-state index is 0.680. The molecule has 0 radical (unpaired) electrons. The monoisotopic (exact) mass is 263 g/mol. The molecular weight excluding hydrogens is 234 g/mol. The van der Waals surface area contributed by atoms with Gasteiger partial charge in [-0.05, 0) is 57.2 Å². The van der Waals surface area contributed by atoms with Gasteiger partial charge in [0.1, 0.15) is 0 Å². The van der Waals surface area contributed by atoms with Crippen LogP contribution in [0.1, 0.15) is 51.4 Å². The van der Waals surface area contributed by atoms with Crippen molar-refractivity contribution in [3.63, 3.8) is 0 Å². The normalized spacial score (nSPS) is 24.3. The number of hydrogen-bond donors (Lipinski definition) is 1. The van der Waals surface area contributed by atoms with Crippen LogP contribution in [0, 0.1) is 11.8 Å². The highest BCUT2D eigenvalue weighted by Gasteiger charge is 2.16. The molecule has 0 saturated heterocycles. The summed E-state index contributed by atoms with van der Waals surface area (Å²) in [6, 6.07) is 0. The van der Waals surface area contributed by atoms with Crippen LogP contribution in [0.5, 0.6) is 0 Å². The Hall–Kier alpha value is -0.760. The Morgan fingerprint density at radius 1 is 1.26 bits per heavy atom. The summed E-state index contributed by atoms with van der Waals surface area (Å²) in [5, 5.41) is 3.22. The molecule has 0 amide bonds. The van der Waals surface area contributed by atoms with E-state index in [4.69, 9.17) is 4.74 Å². The van der Waals surface area contributed by atoms with Gasteiger partial charge in [0.2, 0.25) is 0 Å². The van der Waals surface area contributed by atoms with E-state index in [0.717, 1.165) is 25.5 Å². The minimum absolute atomic E-state index is 0.680. The number of allylic oxidation sites excluding steroid dienone is 4. The Labute approximate surface area is 118 Å². The zero-order valence-corrected chi connectivity index (χ0v) is 12.4. The van der Waals surface area contributed by atoms with Gasteiger partial charge in [-0.15, -0.1) is 0 Å². The quantitative estimate of drug-likeness (QED) is 0.700. The SMILES string of the molecule is CNCCCC1C=CC=C(OCC2CCCCC2)C1. The van der Waals surface area contributed by atoms with Gasteiger partial charge >= 0.3 is 0 Å². The van der Waals surface area contributed by atoms with Gasteiger partial charge in [0.25, 0.3) is 0 Å². The van der Waals surface area contributed by atoms with Crippen LogP contribution < -0.4 is 5.32 Å². The second-order valence-corrected chi connectivity index (χ2v) is 6.04. The molecule has 2 heteroatoms. The zero-order chi connectivity index (χ0) is 13.3. The molecule has 0 aromatic carbocycles. The summed E-state index contributed by atoms with van der Waals surface area (Å²) < 4.78 is 6.05. The van der Waals surface area contributed by atoms with Gasteiger partial charge in [-0.3, -0.25) is 0 Å². The van der Waals surface area contributed by atoms with Gasteiger partial charge in [-0.1, -0.05) is 31.4 Å². The fourth-order valence-corrected chi connectivity index (χ4v) is 3.14. The van der Waals surface area contributed by atoms with E-state index in [1.54, 1.807) is 0 Å². The van der Waals surface area contributed by atoms with Gasteiger partial charge in [0, 0.05) is 6.42 Å². The van der Waals surface area contributed by atoms with E-state index in [0.29, 0.717) is 5.92 Å². The first-order valence-electron chi connectivity index (χ1n) is 8.03. The molecule has 1 fully saturated rings. The lowest BCUT2D eigenvalue weighted by atomic mass is 9.90. The van der Waals surface area contributed by atoms with Crippen LogP contribution in [0.3, 0.4) is 0 Å². The molecule has 1 N–H and O–H groups in total. The van der Waals surface area contributed by atoms with Gasteiger partial charge in [0.05, 0.1) is 12.4 Å². The van der Waals surface area contributed by atoms with Crippen LogP contribution in [-0.4, -0.2) is 20.2 Å². The first kappa shape index (κ1) is 14.6. The summed E-state index contributed by atoms with van der Waals surface area (Å²) in [7, 11) is 2.02. The van der Waals surface area contributed by atoms with Gasteiger partial charge in [-0.25, -0.2) is 0 Å². The molecule has 108 valence electrons. The van der Waals surface area contributed by atoms with E-state index in [1.807, 2.05) is 7.05 Å². The van der Waals surface area contributed by atoms with Gasteiger partial charge in [0.15, 0.2) is 0 Å². The van der Waals surface area contributed by atoms with E-state index in [1.165, 1.54) is 50.7 Å². The molecule has 1 unspecified atom stereocenters. The smallest absolute Gasteiger partial charge is 0.0965 e. The second kappa shape index (κ2) is 8.42. The maximum atomic E-state index is 6.05. The van der Waals surface area contributed by atoms with E-state index in [2.05, 4.69) is 23.5 Å². The third-order valence-electron chi connectivity index (χ3n) is 4.36. The largest absolute Gasteiger partial charge is 0.498 e. The molecule has 0 aromatic rings. The lowest BCUT2D eigenvalue weighted by Crippen LogP contribution is -2.15. The van der Waals surface area contributed by atoms with Crippen LogP contribution in [0.15, 0.2) is 24.0 Å². The predicted octanol–water partition coefficient (Wildman–Crippen LogP) is 4.04. The van der Waals surface area contributed by atoms with Gasteiger partial charge < -0.3 is 10.1 Å². The summed E-state index contributed by atoms with van der Waals surface area (Å²) >= 11 is 0. The van der Waals surface area contributed by atoms with Crippen molar-refractivity contribution in [1.82, 2.24) is 5.32 Å². The van der Waals surface area contributed by atoms with Crippen molar-refractivity contribution >= 4 is 0 Å². The molecule has 2 aliphatic rings. The highest BCUT2D eigenvalue weighted by atomic mass is 16.5. The molecule has 1 saturated carbocycles. The summed E-state index contributed by atoms with van der Waals surface area (Å²) in [5.41, 5.74) is 0. The Bertz CT molecular complexity index is 302. The third kappa shape index (κ3) is 5.40. The molecular formula is C17H29NO. The predicted molar refractivity (Wildman–Crippen MR) is 81.0 cm³/mol. The zero-order valence-electron chi connectivity index (χ0n) is 12.4. The van der Waals surface area contributed by atoms with Crippen LogP contribution in [0.4, 0.5) is 0 Å². The number of rotatable bonds is 7. The fraction of sp³-hybridized carbons (Fsp3) is 0.765. The summed E-state index contributed by atoms with van der Waals surface area (Å²) in [5.74, 6) is 2.70. The van der Waals surface area contributed by atoms with E-state index in [9.17, 15) is 0 Å². The van der Waals surface area contributed by atoms with Crippen molar-refractivity contribution in [1.29, 1.82) is 0 Å².